The minimum absolute atomic E-state index is 0.176. The predicted octanol–water partition coefficient (Wildman–Crippen LogP) is 3.97. The molecule has 2 aromatic carbocycles. The van der Waals surface area contributed by atoms with Gasteiger partial charge in [0.05, 0.1) is 0 Å². The van der Waals surface area contributed by atoms with Crippen molar-refractivity contribution in [2.75, 3.05) is 5.75 Å². The lowest BCUT2D eigenvalue weighted by Crippen LogP contribution is -2.33. The van der Waals surface area contributed by atoms with Crippen LogP contribution in [0.5, 0.6) is 0 Å². The van der Waals surface area contributed by atoms with Gasteiger partial charge < -0.3 is 0 Å². The molecular weight excluding hydrogens is 296 g/mol. The highest BCUT2D eigenvalue weighted by molar-refractivity contribution is 7.99. The van der Waals surface area contributed by atoms with Crippen LogP contribution in [0.2, 0.25) is 0 Å². The molecule has 2 rings (SSSR count). The first-order chi connectivity index (χ1) is 10.7. The first kappa shape index (κ1) is 16.8. The monoisotopic (exact) mass is 318 g/mol. The van der Waals surface area contributed by atoms with Gasteiger partial charge in [-0.25, -0.2) is 5.84 Å². The van der Waals surface area contributed by atoms with Gasteiger partial charge in [0.15, 0.2) is 0 Å². The number of hydrogen-bond donors (Lipinski definition) is 2. The van der Waals surface area contributed by atoms with Crippen molar-refractivity contribution in [1.82, 2.24) is 5.17 Å². The highest BCUT2D eigenvalue weighted by atomic mass is 32.2. The van der Waals surface area contributed by atoms with E-state index in [0.29, 0.717) is 6.42 Å². The van der Waals surface area contributed by atoms with E-state index in [1.165, 1.54) is 15.7 Å². The van der Waals surface area contributed by atoms with Gasteiger partial charge in [-0.05, 0) is 41.5 Å². The quantitative estimate of drug-likeness (QED) is 0.193. The van der Waals surface area contributed by atoms with Gasteiger partial charge in [0.1, 0.15) is 0 Å². The minimum Gasteiger partial charge on any atom is -0.271 e. The van der Waals surface area contributed by atoms with E-state index in [1.54, 1.807) is 0 Å². The Morgan fingerprint density at radius 3 is 2.55 bits per heavy atom. The molecule has 0 spiro atoms. The van der Waals surface area contributed by atoms with Crippen LogP contribution in [0.25, 0.3) is 10.8 Å². The van der Waals surface area contributed by atoms with E-state index in [0.717, 1.165) is 31.4 Å². The summed E-state index contributed by atoms with van der Waals surface area (Å²) in [7, 11) is 0. The molecule has 0 atom stereocenters. The average molecular weight is 318 g/mol. The van der Waals surface area contributed by atoms with Crippen LogP contribution in [-0.2, 0) is 4.79 Å². The average Bonchev–Trinajstić information content (AvgIpc) is 2.53. The highest BCUT2D eigenvalue weighted by Crippen LogP contribution is 2.24. The number of carbonyl (C=O) groups is 1. The van der Waals surface area contributed by atoms with Crippen LogP contribution >= 0.6 is 11.8 Å². The minimum atomic E-state index is -0.425. The molecule has 5 heteroatoms. The molecule has 0 aromatic heterocycles. The lowest BCUT2D eigenvalue weighted by molar-refractivity contribution is -0.166. The van der Waals surface area contributed by atoms with Crippen LogP contribution in [0.3, 0.4) is 0 Å². The van der Waals surface area contributed by atoms with Crippen LogP contribution in [0.15, 0.2) is 47.4 Å². The van der Waals surface area contributed by atoms with E-state index in [9.17, 15) is 4.79 Å². The number of nitrogens with two attached hydrogens (primary N) is 1. The summed E-state index contributed by atoms with van der Waals surface area (Å²) < 4.78 is 0. The maximum atomic E-state index is 11.1. The van der Waals surface area contributed by atoms with Crippen molar-refractivity contribution in [3.05, 3.63) is 42.5 Å². The van der Waals surface area contributed by atoms with Crippen LogP contribution in [-0.4, -0.2) is 22.0 Å². The summed E-state index contributed by atoms with van der Waals surface area (Å²) in [5.41, 5.74) is 0. The zero-order valence-electron chi connectivity index (χ0n) is 12.6. The molecule has 3 N–H and O–H groups in total. The Labute approximate surface area is 135 Å². The van der Waals surface area contributed by atoms with Crippen molar-refractivity contribution in [2.24, 2.45) is 5.84 Å². The van der Waals surface area contributed by atoms with Crippen molar-refractivity contribution >= 4 is 28.4 Å². The number of carbonyl (C=O) groups excluding carboxylic acids is 1. The van der Waals surface area contributed by atoms with Gasteiger partial charge in [0.2, 0.25) is 0 Å². The Balaban J connectivity index is 1.63. The number of nitrogens with zero attached hydrogens (tertiary/aromatic N) is 1. The second kappa shape index (κ2) is 8.78. The second-order valence-electron chi connectivity index (χ2n) is 5.26. The Morgan fingerprint density at radius 1 is 1.05 bits per heavy atom. The summed E-state index contributed by atoms with van der Waals surface area (Å²) in [5.74, 6) is 5.59. The fourth-order valence-electron chi connectivity index (χ4n) is 2.29. The van der Waals surface area contributed by atoms with Crippen molar-refractivity contribution in [3.8, 4) is 0 Å². The number of hydrazine groups is 1. The summed E-state index contributed by atoms with van der Waals surface area (Å²) >= 11 is 1.87. The number of benzene rings is 2. The Kier molecular flexibility index (Phi) is 6.71. The van der Waals surface area contributed by atoms with Gasteiger partial charge in [0.25, 0.3) is 5.91 Å². The molecule has 118 valence electrons. The number of thioether (sulfide) groups is 1. The lowest BCUT2D eigenvalue weighted by atomic mass is 10.1. The van der Waals surface area contributed by atoms with Crippen LogP contribution < -0.4 is 5.84 Å². The largest absolute Gasteiger partial charge is 0.271 e. The first-order valence-corrected chi connectivity index (χ1v) is 8.53. The molecule has 0 unspecified atom stereocenters. The van der Waals surface area contributed by atoms with Crippen molar-refractivity contribution < 1.29 is 10.0 Å². The SMILES string of the molecule is NN(O)C(=O)CCCCCCSc1ccc2ccccc2c1. The van der Waals surface area contributed by atoms with Gasteiger partial charge in [-0.3, -0.25) is 10.0 Å². The molecule has 2 aromatic rings. The van der Waals surface area contributed by atoms with Crippen molar-refractivity contribution in [3.63, 3.8) is 0 Å². The smallest absolute Gasteiger partial charge is 0.260 e. The summed E-state index contributed by atoms with van der Waals surface area (Å²) in [5, 5.41) is 11.4. The van der Waals surface area contributed by atoms with E-state index in [1.807, 2.05) is 11.8 Å². The number of fused-ring (bicyclic) bond motifs is 1. The summed E-state index contributed by atoms with van der Waals surface area (Å²) in [6, 6.07) is 14.9. The Hall–Kier alpha value is -1.56. The first-order valence-electron chi connectivity index (χ1n) is 7.55. The number of rotatable bonds is 8. The van der Waals surface area contributed by atoms with E-state index >= 15 is 0 Å². The van der Waals surface area contributed by atoms with Crippen molar-refractivity contribution in [2.45, 2.75) is 37.0 Å². The fourth-order valence-corrected chi connectivity index (χ4v) is 3.25. The molecule has 0 aliphatic carbocycles. The molecular formula is C17H22N2O2S. The van der Waals surface area contributed by atoms with Gasteiger partial charge in [0, 0.05) is 11.3 Å². The molecule has 22 heavy (non-hydrogen) atoms. The summed E-state index contributed by atoms with van der Waals surface area (Å²) in [6.45, 7) is 0. The lowest BCUT2D eigenvalue weighted by Gasteiger charge is -2.07. The van der Waals surface area contributed by atoms with Crippen molar-refractivity contribution in [1.29, 1.82) is 0 Å². The second-order valence-corrected chi connectivity index (χ2v) is 6.43. The van der Waals surface area contributed by atoms with Gasteiger partial charge in [-0.15, -0.1) is 11.8 Å². The molecule has 0 saturated carbocycles. The molecule has 0 heterocycles. The third-order valence-corrected chi connectivity index (χ3v) is 4.61. The highest BCUT2D eigenvalue weighted by Gasteiger charge is 2.05. The number of amides is 1. The van der Waals surface area contributed by atoms with Gasteiger partial charge in [-0.1, -0.05) is 43.2 Å². The zero-order valence-corrected chi connectivity index (χ0v) is 13.4. The molecule has 0 radical (unpaired) electrons. The van der Waals surface area contributed by atoms with Crippen LogP contribution in [0.1, 0.15) is 32.1 Å². The maximum absolute atomic E-state index is 11.1. The number of hydrogen-bond acceptors (Lipinski definition) is 4. The van der Waals surface area contributed by atoms with E-state index in [-0.39, 0.29) is 5.17 Å². The topological polar surface area (TPSA) is 66.6 Å². The molecule has 0 saturated heterocycles. The zero-order chi connectivity index (χ0) is 15.8. The fraction of sp³-hybridized carbons (Fsp3) is 0.353. The maximum Gasteiger partial charge on any atom is 0.260 e. The Morgan fingerprint density at radius 2 is 1.77 bits per heavy atom. The molecule has 4 nitrogen and oxygen atoms in total. The summed E-state index contributed by atoms with van der Waals surface area (Å²) in [4.78, 5) is 12.4. The molecule has 0 fully saturated rings. The van der Waals surface area contributed by atoms with E-state index in [4.69, 9.17) is 11.0 Å². The third-order valence-electron chi connectivity index (χ3n) is 3.53. The third kappa shape index (κ3) is 5.33. The Bertz CT molecular complexity index is 616. The normalized spacial score (nSPS) is 10.8. The predicted molar refractivity (Wildman–Crippen MR) is 90.6 cm³/mol. The molecule has 1 amide bonds. The standard InChI is InChI=1S/C17H22N2O2S/c18-19(21)17(20)9-3-1-2-6-12-22-16-11-10-14-7-4-5-8-15(14)13-16/h4-5,7-8,10-11,13,21H,1-3,6,9,12,18H2. The molecule has 0 aliphatic heterocycles. The summed E-state index contributed by atoms with van der Waals surface area (Å²) in [6.07, 6.45) is 4.28. The van der Waals surface area contributed by atoms with E-state index in [2.05, 4.69) is 42.5 Å². The number of unbranched alkanes of at least 4 members (excludes halogenated alkanes) is 3. The van der Waals surface area contributed by atoms with Crippen LogP contribution in [0.4, 0.5) is 0 Å². The van der Waals surface area contributed by atoms with Gasteiger partial charge in [-0.2, -0.15) is 5.17 Å². The van der Waals surface area contributed by atoms with Crippen LogP contribution in [0, 0.1) is 0 Å². The van der Waals surface area contributed by atoms with E-state index < -0.39 is 5.91 Å². The molecule has 0 aliphatic rings. The van der Waals surface area contributed by atoms with Gasteiger partial charge >= 0.3 is 0 Å². The molecule has 0 bridgehead atoms. The number of hydroxylamine groups is 1.